The molecule has 144 valence electrons. The van der Waals surface area contributed by atoms with Gasteiger partial charge in [0.15, 0.2) is 0 Å². The predicted octanol–water partition coefficient (Wildman–Crippen LogP) is 2.97. The van der Waals surface area contributed by atoms with Gasteiger partial charge in [0.25, 0.3) is 5.91 Å². The fourth-order valence-corrected chi connectivity index (χ4v) is 3.36. The number of anilines is 1. The summed E-state index contributed by atoms with van der Waals surface area (Å²) < 4.78 is 31.2. The van der Waals surface area contributed by atoms with Crippen molar-refractivity contribution in [2.45, 2.75) is 13.5 Å². The summed E-state index contributed by atoms with van der Waals surface area (Å²) >= 11 is 0. The van der Waals surface area contributed by atoms with Crippen LogP contribution in [0.3, 0.4) is 0 Å². The molecular weight excluding hydrogens is 364 g/mol. The van der Waals surface area contributed by atoms with Gasteiger partial charge in [-0.15, -0.1) is 6.58 Å². The molecule has 0 heterocycles. The van der Waals surface area contributed by atoms with Gasteiger partial charge < -0.3 is 10.1 Å². The van der Waals surface area contributed by atoms with Crippen LogP contribution >= 0.6 is 0 Å². The van der Waals surface area contributed by atoms with Crippen LogP contribution in [0.4, 0.5) is 5.69 Å². The van der Waals surface area contributed by atoms with Gasteiger partial charge in [-0.25, -0.2) is 8.42 Å². The zero-order valence-corrected chi connectivity index (χ0v) is 16.3. The van der Waals surface area contributed by atoms with Crippen molar-refractivity contribution in [1.29, 1.82) is 0 Å². The van der Waals surface area contributed by atoms with Crippen molar-refractivity contribution in [3.8, 4) is 5.75 Å². The Labute approximate surface area is 160 Å². The maximum Gasteiger partial charge on any atom is 0.251 e. The van der Waals surface area contributed by atoms with E-state index in [0.29, 0.717) is 30.2 Å². The third-order valence-electron chi connectivity index (χ3n) is 3.79. The summed E-state index contributed by atoms with van der Waals surface area (Å²) in [5, 5.41) is 2.70. The first-order valence-electron chi connectivity index (χ1n) is 8.53. The number of carbonyl (C=O) groups is 1. The Morgan fingerprint density at radius 1 is 1.15 bits per heavy atom. The lowest BCUT2D eigenvalue weighted by atomic mass is 10.1. The van der Waals surface area contributed by atoms with Gasteiger partial charge in [-0.2, -0.15) is 0 Å². The van der Waals surface area contributed by atoms with E-state index < -0.39 is 10.0 Å². The molecule has 0 aliphatic heterocycles. The highest BCUT2D eigenvalue weighted by molar-refractivity contribution is 7.92. The van der Waals surface area contributed by atoms with Gasteiger partial charge in [-0.05, 0) is 48.9 Å². The molecular formula is C20H24N2O4S. The average Bonchev–Trinajstić information content (AvgIpc) is 2.65. The Morgan fingerprint density at radius 3 is 2.30 bits per heavy atom. The van der Waals surface area contributed by atoms with Crippen molar-refractivity contribution < 1.29 is 17.9 Å². The SMILES string of the molecule is C=CCNC(=O)c1ccc(CN(c2ccc(OCC)cc2)S(C)(=O)=O)cc1. The van der Waals surface area contributed by atoms with Crippen LogP contribution in [0.5, 0.6) is 5.75 Å². The molecule has 1 N–H and O–H groups in total. The lowest BCUT2D eigenvalue weighted by molar-refractivity contribution is 0.0958. The second-order valence-corrected chi connectivity index (χ2v) is 7.80. The zero-order chi connectivity index (χ0) is 19.9. The zero-order valence-electron chi connectivity index (χ0n) is 15.5. The van der Waals surface area contributed by atoms with Gasteiger partial charge in [0.1, 0.15) is 5.75 Å². The molecule has 0 bridgehead atoms. The lowest BCUT2D eigenvalue weighted by Crippen LogP contribution is -2.29. The van der Waals surface area contributed by atoms with Gasteiger partial charge in [-0.3, -0.25) is 9.10 Å². The average molecular weight is 388 g/mol. The number of nitrogens with one attached hydrogen (secondary N) is 1. The first-order chi connectivity index (χ1) is 12.8. The first kappa shape index (κ1) is 20.5. The van der Waals surface area contributed by atoms with E-state index in [-0.39, 0.29) is 12.5 Å². The molecule has 0 fully saturated rings. The maximum atomic E-state index is 12.3. The normalized spacial score (nSPS) is 10.9. The van der Waals surface area contributed by atoms with Gasteiger partial charge >= 0.3 is 0 Å². The van der Waals surface area contributed by atoms with Crippen molar-refractivity contribution in [2.75, 3.05) is 23.7 Å². The van der Waals surface area contributed by atoms with E-state index in [0.717, 1.165) is 5.56 Å². The van der Waals surface area contributed by atoms with Gasteiger partial charge in [0.2, 0.25) is 10.0 Å². The number of hydrogen-bond donors (Lipinski definition) is 1. The molecule has 2 aromatic carbocycles. The van der Waals surface area contributed by atoms with E-state index in [2.05, 4.69) is 11.9 Å². The molecule has 2 aromatic rings. The van der Waals surface area contributed by atoms with Crippen molar-refractivity contribution in [2.24, 2.45) is 0 Å². The fraction of sp³-hybridized carbons (Fsp3) is 0.250. The molecule has 0 aliphatic carbocycles. The number of sulfonamides is 1. The molecule has 0 radical (unpaired) electrons. The second kappa shape index (κ2) is 9.23. The summed E-state index contributed by atoms with van der Waals surface area (Å²) in [6, 6.07) is 13.7. The molecule has 7 heteroatoms. The van der Waals surface area contributed by atoms with Crippen molar-refractivity contribution in [3.63, 3.8) is 0 Å². The van der Waals surface area contributed by atoms with Gasteiger partial charge in [0, 0.05) is 12.1 Å². The third kappa shape index (κ3) is 5.86. The van der Waals surface area contributed by atoms with E-state index in [4.69, 9.17) is 4.74 Å². The summed E-state index contributed by atoms with van der Waals surface area (Å²) in [6.45, 7) is 6.54. The van der Waals surface area contributed by atoms with Crippen LogP contribution in [-0.4, -0.2) is 33.7 Å². The maximum absolute atomic E-state index is 12.3. The molecule has 6 nitrogen and oxygen atoms in total. The number of ether oxygens (including phenoxy) is 1. The minimum atomic E-state index is -3.48. The van der Waals surface area contributed by atoms with E-state index >= 15 is 0 Å². The largest absolute Gasteiger partial charge is 0.494 e. The highest BCUT2D eigenvalue weighted by Gasteiger charge is 2.18. The van der Waals surface area contributed by atoms with Crippen LogP contribution in [-0.2, 0) is 16.6 Å². The second-order valence-electron chi connectivity index (χ2n) is 5.89. The predicted molar refractivity (Wildman–Crippen MR) is 108 cm³/mol. The number of rotatable bonds is 9. The Kier molecular flexibility index (Phi) is 7.01. The summed E-state index contributed by atoms with van der Waals surface area (Å²) in [5.41, 5.74) is 1.83. The number of hydrogen-bond acceptors (Lipinski definition) is 4. The van der Waals surface area contributed by atoms with Crippen LogP contribution in [0.25, 0.3) is 0 Å². The van der Waals surface area contributed by atoms with Crippen molar-refractivity contribution >= 4 is 21.6 Å². The molecule has 0 atom stereocenters. The van der Waals surface area contributed by atoms with Gasteiger partial charge in [0.05, 0.1) is 25.1 Å². The standard InChI is InChI=1S/C20H24N2O4S/c1-4-14-21-20(23)17-8-6-16(7-9-17)15-22(27(3,24)25)18-10-12-19(13-11-18)26-5-2/h4,6-13H,1,5,14-15H2,2-3H3,(H,21,23). The minimum Gasteiger partial charge on any atom is -0.494 e. The third-order valence-corrected chi connectivity index (χ3v) is 4.93. The van der Waals surface area contributed by atoms with Crippen LogP contribution in [0.2, 0.25) is 0 Å². The Bertz CT molecular complexity index is 875. The summed E-state index contributed by atoms with van der Waals surface area (Å²) in [5.74, 6) is 0.484. The molecule has 2 rings (SSSR count). The van der Waals surface area contributed by atoms with Crippen LogP contribution in [0.1, 0.15) is 22.8 Å². The molecule has 1 amide bonds. The molecule has 27 heavy (non-hydrogen) atoms. The molecule has 0 spiro atoms. The van der Waals surface area contributed by atoms with E-state index in [1.54, 1.807) is 54.6 Å². The smallest absolute Gasteiger partial charge is 0.251 e. The Hall–Kier alpha value is -2.80. The highest BCUT2D eigenvalue weighted by Crippen LogP contribution is 2.24. The monoisotopic (exact) mass is 388 g/mol. The van der Waals surface area contributed by atoms with Crippen LogP contribution < -0.4 is 14.4 Å². The molecule has 0 saturated heterocycles. The first-order valence-corrected chi connectivity index (χ1v) is 10.4. The topological polar surface area (TPSA) is 75.7 Å². The quantitative estimate of drug-likeness (QED) is 0.670. The highest BCUT2D eigenvalue weighted by atomic mass is 32.2. The van der Waals surface area contributed by atoms with E-state index in [1.807, 2.05) is 6.92 Å². The molecule has 0 saturated carbocycles. The Morgan fingerprint density at radius 2 is 1.78 bits per heavy atom. The summed E-state index contributed by atoms with van der Waals surface area (Å²) in [4.78, 5) is 11.9. The number of nitrogens with zero attached hydrogens (tertiary/aromatic N) is 1. The van der Waals surface area contributed by atoms with E-state index in [9.17, 15) is 13.2 Å². The van der Waals surface area contributed by atoms with Gasteiger partial charge in [-0.1, -0.05) is 18.2 Å². The van der Waals surface area contributed by atoms with Crippen molar-refractivity contribution in [1.82, 2.24) is 5.32 Å². The number of carbonyl (C=O) groups excluding carboxylic acids is 1. The number of benzene rings is 2. The lowest BCUT2D eigenvalue weighted by Gasteiger charge is -2.23. The Balaban J connectivity index is 2.19. The number of amides is 1. The van der Waals surface area contributed by atoms with Crippen molar-refractivity contribution in [3.05, 3.63) is 72.3 Å². The minimum absolute atomic E-state index is 0.168. The molecule has 0 aliphatic rings. The van der Waals surface area contributed by atoms with Crippen LogP contribution in [0.15, 0.2) is 61.2 Å². The fourth-order valence-electron chi connectivity index (χ4n) is 2.47. The summed E-state index contributed by atoms with van der Waals surface area (Å²) in [7, 11) is -3.48. The van der Waals surface area contributed by atoms with Crippen LogP contribution in [0, 0.1) is 0 Å². The summed E-state index contributed by atoms with van der Waals surface area (Å²) in [6.07, 6.45) is 2.77. The molecule has 0 unspecified atom stereocenters. The molecule has 0 aromatic heterocycles. The van der Waals surface area contributed by atoms with E-state index in [1.165, 1.54) is 10.6 Å².